The van der Waals surface area contributed by atoms with Gasteiger partial charge in [0.15, 0.2) is 0 Å². The Hall–Kier alpha value is -2.39. The summed E-state index contributed by atoms with van der Waals surface area (Å²) in [5, 5.41) is 8.73. The van der Waals surface area contributed by atoms with Crippen molar-refractivity contribution in [1.29, 1.82) is 5.26 Å². The molecule has 2 rings (SSSR count). The molecule has 6 heteroatoms. The van der Waals surface area contributed by atoms with Crippen LogP contribution in [0, 0.1) is 11.3 Å². The summed E-state index contributed by atoms with van der Waals surface area (Å²) in [6.45, 7) is -0.00675. The Morgan fingerprint density at radius 3 is 2.38 bits per heavy atom. The van der Waals surface area contributed by atoms with Crippen LogP contribution in [0.15, 0.2) is 36.4 Å². The third-order valence-electron chi connectivity index (χ3n) is 2.81. The summed E-state index contributed by atoms with van der Waals surface area (Å²) >= 11 is 0. The Balaban J connectivity index is 2.51. The molecule has 0 fully saturated rings. The zero-order valence-corrected chi connectivity index (χ0v) is 11.1. The Kier molecular flexibility index (Phi) is 4.24. The Bertz CT molecular complexity index is 673. The molecule has 0 amide bonds. The van der Waals surface area contributed by atoms with Crippen molar-refractivity contribution in [2.45, 2.75) is 12.8 Å². The Labute approximate surface area is 119 Å². The van der Waals surface area contributed by atoms with Crippen molar-refractivity contribution in [2.24, 2.45) is 0 Å². The zero-order chi connectivity index (χ0) is 15.5. The molecule has 108 valence electrons. The highest BCUT2D eigenvalue weighted by Crippen LogP contribution is 2.32. The van der Waals surface area contributed by atoms with Crippen LogP contribution in [-0.4, -0.2) is 12.1 Å². The lowest BCUT2D eigenvalue weighted by atomic mass is 10.1. The first kappa shape index (κ1) is 15.0. The molecule has 0 spiro atoms. The van der Waals surface area contributed by atoms with Gasteiger partial charge in [0.05, 0.1) is 35.2 Å². The van der Waals surface area contributed by atoms with Crippen LogP contribution in [0.1, 0.15) is 16.8 Å². The molecule has 3 nitrogen and oxygen atoms in total. The monoisotopic (exact) mass is 292 g/mol. The van der Waals surface area contributed by atoms with Gasteiger partial charge in [0, 0.05) is 12.7 Å². The third kappa shape index (κ3) is 3.58. The number of halogens is 3. The van der Waals surface area contributed by atoms with Crippen LogP contribution in [0.5, 0.6) is 0 Å². The average Bonchev–Trinajstić information content (AvgIpc) is 2.46. The topological polar surface area (TPSA) is 45.9 Å². The van der Waals surface area contributed by atoms with Crippen molar-refractivity contribution in [3.8, 4) is 17.3 Å². The van der Waals surface area contributed by atoms with Gasteiger partial charge in [-0.1, -0.05) is 12.1 Å². The lowest BCUT2D eigenvalue weighted by Gasteiger charge is -2.11. The van der Waals surface area contributed by atoms with Gasteiger partial charge >= 0.3 is 6.18 Å². The van der Waals surface area contributed by atoms with E-state index in [0.717, 1.165) is 12.1 Å². The number of rotatable bonds is 3. The third-order valence-corrected chi connectivity index (χ3v) is 2.81. The smallest absolute Gasteiger partial charge is 0.378 e. The minimum absolute atomic E-state index is 0.00675. The molecule has 0 saturated carbocycles. The molecular weight excluding hydrogens is 281 g/mol. The van der Waals surface area contributed by atoms with E-state index in [1.165, 1.54) is 19.2 Å². The standard InChI is InChI=1S/C15H11F3N2O/c1-21-9-13-6-12(15(16,17)18)7-14(20-13)11-4-2-10(8-19)3-5-11/h2-7H,9H2,1H3. The highest BCUT2D eigenvalue weighted by Gasteiger charge is 2.31. The molecule has 0 aliphatic rings. The Morgan fingerprint density at radius 2 is 1.86 bits per heavy atom. The molecule has 0 aliphatic heterocycles. The molecule has 0 N–H and O–H groups in total. The largest absolute Gasteiger partial charge is 0.416 e. The Morgan fingerprint density at radius 1 is 1.19 bits per heavy atom. The summed E-state index contributed by atoms with van der Waals surface area (Å²) in [6.07, 6.45) is -4.45. The average molecular weight is 292 g/mol. The number of ether oxygens (including phenoxy) is 1. The molecule has 21 heavy (non-hydrogen) atoms. The van der Waals surface area contributed by atoms with Gasteiger partial charge in [-0.2, -0.15) is 18.4 Å². The van der Waals surface area contributed by atoms with Gasteiger partial charge in [0.2, 0.25) is 0 Å². The summed E-state index contributed by atoms with van der Waals surface area (Å²) in [5.41, 5.74) is 0.567. The van der Waals surface area contributed by atoms with Crippen molar-refractivity contribution in [3.63, 3.8) is 0 Å². The molecule has 1 aromatic carbocycles. The number of benzene rings is 1. The fourth-order valence-corrected chi connectivity index (χ4v) is 1.84. The van der Waals surface area contributed by atoms with E-state index in [-0.39, 0.29) is 18.0 Å². The van der Waals surface area contributed by atoms with Gasteiger partial charge in [-0.3, -0.25) is 4.98 Å². The predicted octanol–water partition coefficient (Wildman–Crippen LogP) is 3.79. The fourth-order valence-electron chi connectivity index (χ4n) is 1.84. The van der Waals surface area contributed by atoms with Crippen molar-refractivity contribution in [2.75, 3.05) is 7.11 Å². The summed E-state index contributed by atoms with van der Waals surface area (Å²) in [4.78, 5) is 4.15. The maximum absolute atomic E-state index is 12.9. The van der Waals surface area contributed by atoms with Crippen LogP contribution in [0.4, 0.5) is 13.2 Å². The summed E-state index contributed by atoms with van der Waals surface area (Å²) in [7, 11) is 1.39. The van der Waals surface area contributed by atoms with Crippen molar-refractivity contribution >= 4 is 0 Å². The predicted molar refractivity (Wildman–Crippen MR) is 70.1 cm³/mol. The van der Waals surface area contributed by atoms with Crippen LogP contribution < -0.4 is 0 Å². The number of methoxy groups -OCH3 is 1. The molecule has 1 aromatic heterocycles. The SMILES string of the molecule is COCc1cc(C(F)(F)F)cc(-c2ccc(C#N)cc2)n1. The minimum atomic E-state index is -4.45. The number of nitriles is 1. The van der Waals surface area contributed by atoms with E-state index in [1.807, 2.05) is 6.07 Å². The normalized spacial score (nSPS) is 11.2. The lowest BCUT2D eigenvalue weighted by Crippen LogP contribution is -2.08. The molecule has 0 saturated heterocycles. The number of pyridine rings is 1. The molecule has 0 aliphatic carbocycles. The van der Waals surface area contributed by atoms with E-state index in [1.54, 1.807) is 12.1 Å². The van der Waals surface area contributed by atoms with Gasteiger partial charge in [-0.25, -0.2) is 0 Å². The zero-order valence-electron chi connectivity index (χ0n) is 11.1. The number of hydrogen-bond donors (Lipinski definition) is 0. The second kappa shape index (κ2) is 5.94. The highest BCUT2D eigenvalue weighted by atomic mass is 19.4. The van der Waals surface area contributed by atoms with Gasteiger partial charge in [-0.15, -0.1) is 0 Å². The van der Waals surface area contributed by atoms with E-state index in [4.69, 9.17) is 10.00 Å². The van der Waals surface area contributed by atoms with Crippen LogP contribution >= 0.6 is 0 Å². The van der Waals surface area contributed by atoms with Crippen LogP contribution in [0.3, 0.4) is 0 Å². The maximum Gasteiger partial charge on any atom is 0.416 e. The van der Waals surface area contributed by atoms with Crippen molar-refractivity contribution in [1.82, 2.24) is 4.98 Å². The summed E-state index contributed by atoms with van der Waals surface area (Å²) in [6, 6.07) is 10.1. The molecule has 2 aromatic rings. The molecule has 1 heterocycles. The lowest BCUT2D eigenvalue weighted by molar-refractivity contribution is -0.137. The number of nitrogens with zero attached hydrogens (tertiary/aromatic N) is 2. The highest BCUT2D eigenvalue weighted by molar-refractivity contribution is 5.61. The first-order chi connectivity index (χ1) is 9.94. The summed E-state index contributed by atoms with van der Waals surface area (Å²) in [5.74, 6) is 0. The van der Waals surface area contributed by atoms with Gasteiger partial charge in [-0.05, 0) is 24.3 Å². The second-order valence-electron chi connectivity index (χ2n) is 4.35. The second-order valence-corrected chi connectivity index (χ2v) is 4.35. The van der Waals surface area contributed by atoms with E-state index in [0.29, 0.717) is 11.1 Å². The molecule has 0 unspecified atom stereocenters. The van der Waals surface area contributed by atoms with Gasteiger partial charge in [0.1, 0.15) is 0 Å². The molecule has 0 bridgehead atoms. The number of hydrogen-bond acceptors (Lipinski definition) is 3. The van der Waals surface area contributed by atoms with E-state index in [9.17, 15) is 13.2 Å². The molecular formula is C15H11F3N2O. The minimum Gasteiger partial charge on any atom is -0.378 e. The van der Waals surface area contributed by atoms with Gasteiger partial charge in [0.25, 0.3) is 0 Å². The number of alkyl halides is 3. The van der Waals surface area contributed by atoms with Gasteiger partial charge < -0.3 is 4.74 Å². The van der Waals surface area contributed by atoms with E-state index < -0.39 is 11.7 Å². The van der Waals surface area contributed by atoms with Crippen LogP contribution in [-0.2, 0) is 17.5 Å². The van der Waals surface area contributed by atoms with Crippen LogP contribution in [0.2, 0.25) is 0 Å². The van der Waals surface area contributed by atoms with E-state index >= 15 is 0 Å². The molecule has 0 atom stereocenters. The van der Waals surface area contributed by atoms with Crippen molar-refractivity contribution < 1.29 is 17.9 Å². The quantitative estimate of drug-likeness (QED) is 0.864. The first-order valence-corrected chi connectivity index (χ1v) is 6.01. The van der Waals surface area contributed by atoms with Crippen LogP contribution in [0.25, 0.3) is 11.3 Å². The summed E-state index contributed by atoms with van der Waals surface area (Å²) < 4.78 is 43.6. The van der Waals surface area contributed by atoms with Crippen molar-refractivity contribution in [3.05, 3.63) is 53.2 Å². The maximum atomic E-state index is 12.9. The fraction of sp³-hybridized carbons (Fsp3) is 0.200. The number of aromatic nitrogens is 1. The first-order valence-electron chi connectivity index (χ1n) is 6.01. The van der Waals surface area contributed by atoms with E-state index in [2.05, 4.69) is 4.98 Å². The molecule has 0 radical (unpaired) electrons.